The fraction of sp³-hybridized carbons (Fsp3) is 0.762. The summed E-state index contributed by atoms with van der Waals surface area (Å²) in [6, 6.07) is 2.09. The van der Waals surface area contributed by atoms with E-state index in [0.717, 1.165) is 62.8 Å². The number of rotatable bonds is 5. The number of likely N-dealkylation sites (tertiary alicyclic amines) is 1. The molecule has 1 aromatic rings. The van der Waals surface area contributed by atoms with Gasteiger partial charge in [0.1, 0.15) is 18.2 Å². The smallest absolute Gasteiger partial charge is 0.248 e. The van der Waals surface area contributed by atoms with Crippen LogP contribution in [0, 0.1) is 18.3 Å². The summed E-state index contributed by atoms with van der Waals surface area (Å²) in [7, 11) is 0. The van der Waals surface area contributed by atoms with Gasteiger partial charge < -0.3 is 14.5 Å². The second kappa shape index (κ2) is 7.38. The van der Waals surface area contributed by atoms with Crippen molar-refractivity contribution in [2.45, 2.75) is 59.0 Å². The summed E-state index contributed by atoms with van der Waals surface area (Å²) in [4.78, 5) is 26.3. The number of hydrogen-bond donors (Lipinski definition) is 0. The van der Waals surface area contributed by atoms with Crippen molar-refractivity contribution < 1.29 is 9.53 Å². The van der Waals surface area contributed by atoms with Gasteiger partial charge in [0, 0.05) is 55.7 Å². The van der Waals surface area contributed by atoms with Gasteiger partial charge in [-0.15, -0.1) is 0 Å². The molecular formula is C21H32N4O2. The van der Waals surface area contributed by atoms with E-state index in [1.54, 1.807) is 0 Å². The number of aryl methyl sites for hydroxylation is 2. The van der Waals surface area contributed by atoms with Crippen LogP contribution < -0.4 is 4.90 Å². The number of amides is 1. The van der Waals surface area contributed by atoms with Crippen LogP contribution in [0.5, 0.6) is 0 Å². The Kier molecular flexibility index (Phi) is 5.10. The highest BCUT2D eigenvalue weighted by Crippen LogP contribution is 2.43. The van der Waals surface area contributed by atoms with Gasteiger partial charge in [-0.2, -0.15) is 0 Å². The average molecular weight is 373 g/mol. The first-order valence-electron chi connectivity index (χ1n) is 10.5. The Balaban J connectivity index is 1.36. The van der Waals surface area contributed by atoms with Gasteiger partial charge in [-0.25, -0.2) is 9.97 Å². The van der Waals surface area contributed by atoms with E-state index in [1.807, 2.05) is 11.8 Å². The predicted molar refractivity (Wildman–Crippen MR) is 105 cm³/mol. The van der Waals surface area contributed by atoms with Crippen LogP contribution in [-0.4, -0.2) is 59.7 Å². The molecule has 0 N–H and O–H groups in total. The standard InChI is InChI=1S/C21H32N4O2/c1-4-18-22-15(2)9-19(23-18)24-10-16-11-25(14-21(16,3)13-24)20(26)12-27-17-7-5-6-8-17/h9,16-17H,4-8,10-14H2,1-3H3/t16-,21+/m1/s1. The summed E-state index contributed by atoms with van der Waals surface area (Å²) < 4.78 is 5.84. The fourth-order valence-corrected chi connectivity index (χ4v) is 4.97. The molecule has 3 fully saturated rings. The van der Waals surface area contributed by atoms with Gasteiger partial charge in [0.15, 0.2) is 0 Å². The Morgan fingerprint density at radius 1 is 1.26 bits per heavy atom. The van der Waals surface area contributed by atoms with Crippen molar-refractivity contribution in [3.63, 3.8) is 0 Å². The molecule has 4 rings (SSSR count). The molecule has 1 aromatic heterocycles. The highest BCUT2D eigenvalue weighted by molar-refractivity contribution is 5.78. The minimum atomic E-state index is 0.133. The van der Waals surface area contributed by atoms with E-state index in [1.165, 1.54) is 12.8 Å². The maximum absolute atomic E-state index is 12.6. The molecular weight excluding hydrogens is 340 g/mol. The van der Waals surface area contributed by atoms with Crippen LogP contribution in [0.1, 0.15) is 51.0 Å². The zero-order valence-corrected chi connectivity index (χ0v) is 16.9. The van der Waals surface area contributed by atoms with E-state index >= 15 is 0 Å². The number of aromatic nitrogens is 2. The third-order valence-electron chi connectivity index (χ3n) is 6.60. The highest BCUT2D eigenvalue weighted by atomic mass is 16.5. The van der Waals surface area contributed by atoms with Crippen LogP contribution in [0.4, 0.5) is 5.82 Å². The van der Waals surface area contributed by atoms with Crippen LogP contribution in [0.2, 0.25) is 0 Å². The fourth-order valence-electron chi connectivity index (χ4n) is 4.97. The third kappa shape index (κ3) is 3.82. The van der Waals surface area contributed by atoms with Gasteiger partial charge in [0.05, 0.1) is 6.10 Å². The minimum Gasteiger partial charge on any atom is -0.368 e. The van der Waals surface area contributed by atoms with Crippen LogP contribution in [0.3, 0.4) is 0 Å². The maximum Gasteiger partial charge on any atom is 0.248 e. The van der Waals surface area contributed by atoms with Gasteiger partial charge in [-0.1, -0.05) is 26.7 Å². The molecule has 1 amide bonds. The molecule has 0 aromatic carbocycles. The lowest BCUT2D eigenvalue weighted by Gasteiger charge is -2.26. The molecule has 1 saturated carbocycles. The van der Waals surface area contributed by atoms with Gasteiger partial charge in [-0.3, -0.25) is 4.79 Å². The summed E-state index contributed by atoms with van der Waals surface area (Å²) in [5, 5.41) is 0. The normalized spacial score (nSPS) is 28.2. The quantitative estimate of drug-likeness (QED) is 0.795. The number of fused-ring (bicyclic) bond motifs is 1. The Labute approximate surface area is 162 Å². The molecule has 0 spiro atoms. The average Bonchev–Trinajstić information content (AvgIpc) is 3.33. The van der Waals surface area contributed by atoms with E-state index in [4.69, 9.17) is 9.72 Å². The molecule has 0 radical (unpaired) electrons. The number of hydrogen-bond acceptors (Lipinski definition) is 5. The molecule has 2 saturated heterocycles. The SMILES string of the molecule is CCc1nc(C)cc(N2C[C@@H]3CN(C(=O)COC4CCCC4)C[C@]3(C)C2)n1. The molecule has 0 unspecified atom stereocenters. The van der Waals surface area contributed by atoms with Crippen molar-refractivity contribution in [1.29, 1.82) is 0 Å². The van der Waals surface area contributed by atoms with Crippen molar-refractivity contribution >= 4 is 11.7 Å². The molecule has 1 aliphatic carbocycles. The first-order valence-corrected chi connectivity index (χ1v) is 10.5. The van der Waals surface area contributed by atoms with Gasteiger partial charge in [-0.05, 0) is 19.8 Å². The van der Waals surface area contributed by atoms with Crippen LogP contribution in [0.15, 0.2) is 6.07 Å². The topological polar surface area (TPSA) is 58.6 Å². The van der Waals surface area contributed by atoms with E-state index in [-0.39, 0.29) is 17.9 Å². The molecule has 148 valence electrons. The minimum absolute atomic E-state index is 0.133. The van der Waals surface area contributed by atoms with Crippen molar-refractivity contribution in [3.8, 4) is 0 Å². The Bertz CT molecular complexity index is 703. The monoisotopic (exact) mass is 372 g/mol. The highest BCUT2D eigenvalue weighted by Gasteiger charge is 2.50. The van der Waals surface area contributed by atoms with Crippen molar-refractivity contribution in [2.24, 2.45) is 11.3 Å². The largest absolute Gasteiger partial charge is 0.368 e. The van der Waals surface area contributed by atoms with Crippen molar-refractivity contribution in [3.05, 3.63) is 17.6 Å². The number of nitrogens with zero attached hydrogens (tertiary/aromatic N) is 4. The first kappa shape index (κ1) is 18.7. The summed E-state index contributed by atoms with van der Waals surface area (Å²) in [6.45, 7) is 10.3. The Morgan fingerprint density at radius 2 is 2.04 bits per heavy atom. The van der Waals surface area contributed by atoms with E-state index in [9.17, 15) is 4.79 Å². The van der Waals surface area contributed by atoms with E-state index in [2.05, 4.69) is 29.8 Å². The summed E-state index contributed by atoms with van der Waals surface area (Å²) in [5.74, 6) is 2.61. The summed E-state index contributed by atoms with van der Waals surface area (Å²) in [6.07, 6.45) is 5.85. The zero-order chi connectivity index (χ0) is 19.0. The lowest BCUT2D eigenvalue weighted by Crippen LogP contribution is -2.38. The third-order valence-corrected chi connectivity index (χ3v) is 6.60. The molecule has 3 aliphatic rings. The number of carbonyl (C=O) groups is 1. The van der Waals surface area contributed by atoms with Crippen molar-refractivity contribution in [2.75, 3.05) is 37.7 Å². The summed E-state index contributed by atoms with van der Waals surface area (Å²) >= 11 is 0. The second-order valence-electron chi connectivity index (χ2n) is 8.86. The lowest BCUT2D eigenvalue weighted by molar-refractivity contribution is -0.137. The zero-order valence-electron chi connectivity index (χ0n) is 16.9. The number of ether oxygens (including phenoxy) is 1. The molecule has 0 bridgehead atoms. The van der Waals surface area contributed by atoms with Gasteiger partial charge in [0.25, 0.3) is 0 Å². The molecule has 6 heteroatoms. The van der Waals surface area contributed by atoms with E-state index < -0.39 is 0 Å². The summed E-state index contributed by atoms with van der Waals surface area (Å²) in [5.41, 5.74) is 1.16. The molecule has 6 nitrogen and oxygen atoms in total. The first-order chi connectivity index (χ1) is 13.0. The molecule has 27 heavy (non-hydrogen) atoms. The van der Waals surface area contributed by atoms with Crippen LogP contribution in [0.25, 0.3) is 0 Å². The van der Waals surface area contributed by atoms with Gasteiger partial charge >= 0.3 is 0 Å². The molecule has 2 atom stereocenters. The van der Waals surface area contributed by atoms with E-state index in [0.29, 0.717) is 12.0 Å². The van der Waals surface area contributed by atoms with Gasteiger partial charge in [0.2, 0.25) is 5.91 Å². The van der Waals surface area contributed by atoms with Crippen molar-refractivity contribution in [1.82, 2.24) is 14.9 Å². The lowest BCUT2D eigenvalue weighted by atomic mass is 9.83. The number of anilines is 1. The van der Waals surface area contributed by atoms with Crippen LogP contribution in [-0.2, 0) is 16.0 Å². The predicted octanol–water partition coefficient (Wildman–Crippen LogP) is 2.59. The molecule has 3 heterocycles. The second-order valence-corrected chi connectivity index (χ2v) is 8.86. The Morgan fingerprint density at radius 3 is 2.74 bits per heavy atom. The van der Waals surface area contributed by atoms with Crippen LogP contribution >= 0.6 is 0 Å². The maximum atomic E-state index is 12.6. The number of carbonyl (C=O) groups excluding carboxylic acids is 1. The molecule has 2 aliphatic heterocycles. The Hall–Kier alpha value is -1.69.